The molecule has 1 rings (SSSR count). The zero-order chi connectivity index (χ0) is 15.2. The first-order chi connectivity index (χ1) is 9.38. The molecule has 0 spiro atoms. The molecule has 110 valence electrons. The predicted molar refractivity (Wildman–Crippen MR) is 71.9 cm³/mol. The molecule has 0 radical (unpaired) electrons. The molecule has 2 nitrogen and oxygen atoms in total. The first-order valence-corrected chi connectivity index (χ1v) is 6.43. The largest absolute Gasteiger partial charge is 0.416 e. The Labute approximate surface area is 117 Å². The lowest BCUT2D eigenvalue weighted by atomic mass is 10.1. The third kappa shape index (κ3) is 4.87. The normalized spacial score (nSPS) is 14.6. The molecule has 5 heteroatoms. The van der Waals surface area contributed by atoms with Gasteiger partial charge in [-0.25, -0.2) is 0 Å². The van der Waals surface area contributed by atoms with Crippen molar-refractivity contribution in [3.05, 3.63) is 35.4 Å². The number of rotatable bonds is 6. The Morgan fingerprint density at radius 1 is 1.30 bits per heavy atom. The summed E-state index contributed by atoms with van der Waals surface area (Å²) in [6.45, 7) is 2.21. The Balaban J connectivity index is 2.60. The number of nitrogens with one attached hydrogen (secondary N) is 1. The second kappa shape index (κ2) is 7.32. The van der Waals surface area contributed by atoms with E-state index in [9.17, 15) is 18.3 Å². The number of hydrogen-bond donors (Lipinski definition) is 2. The van der Waals surface area contributed by atoms with E-state index in [-0.39, 0.29) is 12.6 Å². The minimum absolute atomic E-state index is 0.135. The van der Waals surface area contributed by atoms with Crippen LogP contribution in [0.25, 0.3) is 0 Å². The van der Waals surface area contributed by atoms with Gasteiger partial charge in [0.15, 0.2) is 0 Å². The highest BCUT2D eigenvalue weighted by Crippen LogP contribution is 2.29. The highest BCUT2D eigenvalue weighted by atomic mass is 19.4. The van der Waals surface area contributed by atoms with Crippen molar-refractivity contribution >= 4 is 0 Å². The minimum Gasteiger partial charge on any atom is -0.387 e. The van der Waals surface area contributed by atoms with Crippen LogP contribution in [0.15, 0.2) is 24.3 Å². The van der Waals surface area contributed by atoms with Crippen LogP contribution in [0.4, 0.5) is 13.2 Å². The molecule has 20 heavy (non-hydrogen) atoms. The first-order valence-electron chi connectivity index (χ1n) is 6.43. The molecular formula is C15H18F3NO. The highest BCUT2D eigenvalue weighted by molar-refractivity contribution is 5.26. The molecule has 0 saturated carbocycles. The van der Waals surface area contributed by atoms with Crippen molar-refractivity contribution in [3.8, 4) is 12.3 Å². The van der Waals surface area contributed by atoms with Crippen molar-refractivity contribution in [2.75, 3.05) is 6.54 Å². The Hall–Kier alpha value is -1.51. The predicted octanol–water partition coefficient (Wildman–Crippen LogP) is 3.13. The van der Waals surface area contributed by atoms with Crippen LogP contribution in [0.1, 0.15) is 37.0 Å². The zero-order valence-electron chi connectivity index (χ0n) is 11.2. The van der Waals surface area contributed by atoms with Gasteiger partial charge in [-0.2, -0.15) is 13.2 Å². The summed E-state index contributed by atoms with van der Waals surface area (Å²) in [5.41, 5.74) is -0.299. The SMILES string of the molecule is C#CC(CCC)NCC(O)c1ccc(C(F)(F)F)cc1. The van der Waals surface area contributed by atoms with E-state index in [0.717, 1.165) is 25.0 Å². The fourth-order valence-electron chi connectivity index (χ4n) is 1.80. The lowest BCUT2D eigenvalue weighted by Gasteiger charge is -2.17. The molecule has 0 aliphatic carbocycles. The van der Waals surface area contributed by atoms with Crippen LogP contribution in [-0.4, -0.2) is 17.7 Å². The molecule has 0 amide bonds. The molecule has 0 aliphatic heterocycles. The molecule has 0 fully saturated rings. The van der Waals surface area contributed by atoms with E-state index >= 15 is 0 Å². The molecule has 0 saturated heterocycles. The van der Waals surface area contributed by atoms with E-state index in [1.165, 1.54) is 12.1 Å². The zero-order valence-corrected chi connectivity index (χ0v) is 11.2. The van der Waals surface area contributed by atoms with E-state index < -0.39 is 17.8 Å². The Kier molecular flexibility index (Phi) is 6.05. The standard InChI is InChI=1S/C15H18F3NO/c1-3-5-13(4-2)19-10-14(20)11-6-8-12(9-7-11)15(16,17)18/h2,6-9,13-14,19-20H,3,5,10H2,1H3. The summed E-state index contributed by atoms with van der Waals surface area (Å²) in [6.07, 6.45) is 1.79. The summed E-state index contributed by atoms with van der Waals surface area (Å²) < 4.78 is 37.2. The number of alkyl halides is 3. The van der Waals surface area contributed by atoms with E-state index in [4.69, 9.17) is 6.42 Å². The van der Waals surface area contributed by atoms with Gasteiger partial charge >= 0.3 is 6.18 Å². The molecule has 2 unspecified atom stereocenters. The second-order valence-electron chi connectivity index (χ2n) is 4.55. The number of benzene rings is 1. The molecule has 0 aromatic heterocycles. The van der Waals surface area contributed by atoms with Crippen LogP contribution in [0, 0.1) is 12.3 Å². The monoisotopic (exact) mass is 285 g/mol. The van der Waals surface area contributed by atoms with Gasteiger partial charge in [-0.3, -0.25) is 0 Å². The number of terminal acetylenes is 1. The number of aliphatic hydroxyl groups is 1. The third-order valence-electron chi connectivity index (χ3n) is 2.96. The average Bonchev–Trinajstić information content (AvgIpc) is 2.42. The average molecular weight is 285 g/mol. The van der Waals surface area contributed by atoms with Crippen LogP contribution in [0.2, 0.25) is 0 Å². The number of hydrogen-bond acceptors (Lipinski definition) is 2. The van der Waals surface area contributed by atoms with Gasteiger partial charge in [0.25, 0.3) is 0 Å². The van der Waals surface area contributed by atoms with Gasteiger partial charge in [0.2, 0.25) is 0 Å². The topological polar surface area (TPSA) is 32.3 Å². The van der Waals surface area contributed by atoms with Gasteiger partial charge in [-0.15, -0.1) is 6.42 Å². The molecule has 1 aromatic rings. The quantitative estimate of drug-likeness (QED) is 0.787. The van der Waals surface area contributed by atoms with Gasteiger partial charge in [0.05, 0.1) is 17.7 Å². The maximum absolute atomic E-state index is 12.4. The molecule has 2 atom stereocenters. The van der Waals surface area contributed by atoms with E-state index in [2.05, 4.69) is 11.2 Å². The van der Waals surface area contributed by atoms with Gasteiger partial charge in [0.1, 0.15) is 0 Å². The maximum Gasteiger partial charge on any atom is 0.416 e. The van der Waals surface area contributed by atoms with Crippen LogP contribution in [0.5, 0.6) is 0 Å². The van der Waals surface area contributed by atoms with Gasteiger partial charge in [0, 0.05) is 6.54 Å². The van der Waals surface area contributed by atoms with Crippen molar-refractivity contribution < 1.29 is 18.3 Å². The van der Waals surface area contributed by atoms with Gasteiger partial charge < -0.3 is 10.4 Å². The molecule has 0 heterocycles. The minimum atomic E-state index is -4.36. The van der Waals surface area contributed by atoms with Crippen molar-refractivity contribution in [3.63, 3.8) is 0 Å². The summed E-state index contributed by atoms with van der Waals surface area (Å²) in [6, 6.07) is 4.34. The fourth-order valence-corrected chi connectivity index (χ4v) is 1.80. The Morgan fingerprint density at radius 2 is 1.90 bits per heavy atom. The van der Waals surface area contributed by atoms with Crippen molar-refractivity contribution in [1.29, 1.82) is 0 Å². The lowest BCUT2D eigenvalue weighted by Crippen LogP contribution is -2.31. The number of aliphatic hydroxyl groups excluding tert-OH is 1. The van der Waals surface area contributed by atoms with E-state index in [1.807, 2.05) is 6.92 Å². The first kappa shape index (κ1) is 16.5. The molecule has 2 N–H and O–H groups in total. The lowest BCUT2D eigenvalue weighted by molar-refractivity contribution is -0.137. The summed E-state index contributed by atoms with van der Waals surface area (Å²) >= 11 is 0. The Bertz CT molecular complexity index is 448. The Morgan fingerprint density at radius 3 is 2.35 bits per heavy atom. The molecule has 0 bridgehead atoms. The van der Waals surface area contributed by atoms with Crippen LogP contribution in [0.3, 0.4) is 0 Å². The summed E-state index contributed by atoms with van der Waals surface area (Å²) in [7, 11) is 0. The second-order valence-corrected chi connectivity index (χ2v) is 4.55. The van der Waals surface area contributed by atoms with E-state index in [1.54, 1.807) is 0 Å². The summed E-state index contributed by atoms with van der Waals surface area (Å²) in [4.78, 5) is 0. The summed E-state index contributed by atoms with van der Waals surface area (Å²) in [5.74, 6) is 2.57. The molecule has 0 aliphatic rings. The summed E-state index contributed by atoms with van der Waals surface area (Å²) in [5, 5.41) is 12.9. The maximum atomic E-state index is 12.4. The van der Waals surface area contributed by atoms with Gasteiger partial charge in [-0.05, 0) is 24.1 Å². The smallest absolute Gasteiger partial charge is 0.387 e. The van der Waals surface area contributed by atoms with Crippen LogP contribution >= 0.6 is 0 Å². The third-order valence-corrected chi connectivity index (χ3v) is 2.96. The van der Waals surface area contributed by atoms with E-state index in [0.29, 0.717) is 5.56 Å². The van der Waals surface area contributed by atoms with Gasteiger partial charge in [-0.1, -0.05) is 31.4 Å². The highest BCUT2D eigenvalue weighted by Gasteiger charge is 2.30. The van der Waals surface area contributed by atoms with Crippen molar-refractivity contribution in [2.45, 2.75) is 38.1 Å². The fraction of sp³-hybridized carbons (Fsp3) is 0.467. The number of halogens is 3. The van der Waals surface area contributed by atoms with Crippen molar-refractivity contribution in [2.24, 2.45) is 0 Å². The van der Waals surface area contributed by atoms with Crippen LogP contribution in [-0.2, 0) is 6.18 Å². The van der Waals surface area contributed by atoms with Crippen molar-refractivity contribution in [1.82, 2.24) is 5.32 Å². The van der Waals surface area contributed by atoms with Crippen LogP contribution < -0.4 is 5.32 Å². The molecule has 1 aromatic carbocycles. The molecular weight excluding hydrogens is 267 g/mol.